The molecule has 0 unspecified atom stereocenters. The van der Waals surface area contributed by atoms with Crippen molar-refractivity contribution in [3.8, 4) is 17.1 Å². The van der Waals surface area contributed by atoms with Crippen LogP contribution in [0.4, 0.5) is 5.69 Å². The van der Waals surface area contributed by atoms with Gasteiger partial charge in [-0.05, 0) is 26.0 Å². The molecule has 0 saturated carbocycles. The Morgan fingerprint density at radius 1 is 1.19 bits per heavy atom. The molecule has 0 fully saturated rings. The maximum atomic E-state index is 12.5. The van der Waals surface area contributed by atoms with Crippen LogP contribution in [-0.4, -0.2) is 32.9 Å². The fraction of sp³-hybridized carbons (Fsp3) is 0.211. The van der Waals surface area contributed by atoms with E-state index in [0.29, 0.717) is 29.0 Å². The number of H-pyrrole nitrogens is 1. The van der Waals surface area contributed by atoms with Gasteiger partial charge in [-0.2, -0.15) is 0 Å². The fourth-order valence-electron chi connectivity index (χ4n) is 2.32. The number of carbonyl (C=O) groups is 1. The first-order valence-electron chi connectivity index (χ1n) is 8.34. The Morgan fingerprint density at radius 2 is 1.92 bits per heavy atom. The van der Waals surface area contributed by atoms with E-state index in [-0.39, 0.29) is 11.2 Å². The number of benzene rings is 2. The second-order valence-electron chi connectivity index (χ2n) is 5.51. The number of para-hydroxylation sites is 2. The van der Waals surface area contributed by atoms with Gasteiger partial charge in [0.25, 0.3) is 0 Å². The number of hydrogen-bond acceptors (Lipinski definition) is 5. The van der Waals surface area contributed by atoms with E-state index in [0.717, 1.165) is 5.56 Å². The number of hydrogen-bond donors (Lipinski definition) is 2. The van der Waals surface area contributed by atoms with Crippen LogP contribution in [0.15, 0.2) is 59.8 Å². The fourth-order valence-corrected chi connectivity index (χ4v) is 3.05. The lowest BCUT2D eigenvalue weighted by Crippen LogP contribution is -2.22. The van der Waals surface area contributed by atoms with Gasteiger partial charge in [-0.3, -0.25) is 9.89 Å². The number of amides is 1. The summed E-state index contributed by atoms with van der Waals surface area (Å²) in [4.78, 5) is 16.9. The lowest BCUT2D eigenvalue weighted by atomic mass is 10.2. The molecule has 1 heterocycles. The lowest BCUT2D eigenvalue weighted by Gasteiger charge is -2.13. The van der Waals surface area contributed by atoms with E-state index in [9.17, 15) is 4.79 Å². The normalized spacial score (nSPS) is 11.8. The molecule has 1 amide bonds. The third-order valence-electron chi connectivity index (χ3n) is 3.61. The van der Waals surface area contributed by atoms with Gasteiger partial charge in [0.2, 0.25) is 11.1 Å². The van der Waals surface area contributed by atoms with Gasteiger partial charge >= 0.3 is 0 Å². The summed E-state index contributed by atoms with van der Waals surface area (Å²) in [7, 11) is 0. The highest BCUT2D eigenvalue weighted by atomic mass is 32.2. The largest absolute Gasteiger partial charge is 0.492 e. The zero-order valence-corrected chi connectivity index (χ0v) is 15.4. The van der Waals surface area contributed by atoms with Crippen molar-refractivity contribution in [2.75, 3.05) is 11.9 Å². The first kappa shape index (κ1) is 18.0. The van der Waals surface area contributed by atoms with Crippen LogP contribution in [0.2, 0.25) is 0 Å². The standard InChI is InChI=1S/C19H20N4O2S/c1-3-25-16-12-8-7-11-15(16)20-18(24)13(2)26-19-21-17(22-23-19)14-9-5-4-6-10-14/h4-13H,3H2,1-2H3,(H,20,24)(H,21,22,23)/t13-/m1/s1. The van der Waals surface area contributed by atoms with Gasteiger partial charge in [-0.15, -0.1) is 5.10 Å². The molecule has 2 N–H and O–H groups in total. The van der Waals surface area contributed by atoms with Crippen LogP contribution in [0, 0.1) is 0 Å². The Morgan fingerprint density at radius 3 is 2.69 bits per heavy atom. The minimum atomic E-state index is -0.357. The molecule has 134 valence electrons. The Bertz CT molecular complexity index is 867. The van der Waals surface area contributed by atoms with Crippen molar-refractivity contribution in [1.29, 1.82) is 0 Å². The van der Waals surface area contributed by atoms with Gasteiger partial charge in [-0.25, -0.2) is 4.98 Å². The Balaban J connectivity index is 1.64. The van der Waals surface area contributed by atoms with Crippen LogP contribution < -0.4 is 10.1 Å². The van der Waals surface area contributed by atoms with Crippen LogP contribution in [0.25, 0.3) is 11.4 Å². The summed E-state index contributed by atoms with van der Waals surface area (Å²) >= 11 is 1.30. The zero-order chi connectivity index (χ0) is 18.4. The average Bonchev–Trinajstić information content (AvgIpc) is 3.13. The molecule has 6 nitrogen and oxygen atoms in total. The molecular weight excluding hydrogens is 348 g/mol. The molecule has 7 heteroatoms. The van der Waals surface area contributed by atoms with Gasteiger partial charge in [0.05, 0.1) is 17.5 Å². The Hall–Kier alpha value is -2.80. The summed E-state index contributed by atoms with van der Waals surface area (Å²) in [6, 6.07) is 17.1. The highest BCUT2D eigenvalue weighted by Gasteiger charge is 2.18. The summed E-state index contributed by atoms with van der Waals surface area (Å²) in [5, 5.41) is 10.2. The number of aromatic amines is 1. The number of ether oxygens (including phenoxy) is 1. The number of anilines is 1. The summed E-state index contributed by atoms with van der Waals surface area (Å²) in [5.41, 5.74) is 1.61. The van der Waals surface area contributed by atoms with Gasteiger partial charge in [0.1, 0.15) is 5.75 Å². The van der Waals surface area contributed by atoms with Crippen molar-refractivity contribution >= 4 is 23.4 Å². The van der Waals surface area contributed by atoms with Crippen molar-refractivity contribution in [1.82, 2.24) is 15.2 Å². The van der Waals surface area contributed by atoms with E-state index in [1.165, 1.54) is 11.8 Å². The topological polar surface area (TPSA) is 79.9 Å². The lowest BCUT2D eigenvalue weighted by molar-refractivity contribution is -0.115. The first-order chi connectivity index (χ1) is 12.7. The molecule has 1 aromatic heterocycles. The van der Waals surface area contributed by atoms with Crippen LogP contribution in [0.3, 0.4) is 0 Å². The number of rotatable bonds is 7. The van der Waals surface area contributed by atoms with E-state index in [1.54, 1.807) is 0 Å². The zero-order valence-electron chi connectivity index (χ0n) is 14.6. The summed E-state index contributed by atoms with van der Waals surface area (Å²) in [6.45, 7) is 4.27. The molecule has 3 rings (SSSR count). The Kier molecular flexibility index (Phi) is 5.91. The molecule has 2 aromatic carbocycles. The van der Waals surface area contributed by atoms with Crippen LogP contribution in [-0.2, 0) is 4.79 Å². The second-order valence-corrected chi connectivity index (χ2v) is 6.82. The molecule has 3 aromatic rings. The smallest absolute Gasteiger partial charge is 0.237 e. The predicted octanol–water partition coefficient (Wildman–Crippen LogP) is 3.99. The molecule has 1 atom stereocenters. The highest BCUT2D eigenvalue weighted by Crippen LogP contribution is 2.27. The third-order valence-corrected chi connectivity index (χ3v) is 4.57. The highest BCUT2D eigenvalue weighted by molar-refractivity contribution is 8.00. The van der Waals surface area contributed by atoms with Crippen molar-refractivity contribution in [2.24, 2.45) is 0 Å². The molecule has 26 heavy (non-hydrogen) atoms. The molecule has 0 aliphatic rings. The minimum absolute atomic E-state index is 0.131. The Labute approximate surface area is 156 Å². The number of nitrogens with one attached hydrogen (secondary N) is 2. The van der Waals surface area contributed by atoms with Gasteiger partial charge in [-0.1, -0.05) is 54.2 Å². The van der Waals surface area contributed by atoms with Crippen LogP contribution >= 0.6 is 11.8 Å². The molecule has 0 saturated heterocycles. The summed E-state index contributed by atoms with van der Waals surface area (Å²) in [5.74, 6) is 1.21. The molecular formula is C19H20N4O2S. The third kappa shape index (κ3) is 4.43. The van der Waals surface area contributed by atoms with E-state index < -0.39 is 0 Å². The molecule has 0 radical (unpaired) electrons. The molecule has 0 aliphatic heterocycles. The molecule has 0 spiro atoms. The van der Waals surface area contributed by atoms with E-state index >= 15 is 0 Å². The SMILES string of the molecule is CCOc1ccccc1NC(=O)[C@@H](C)Sc1n[nH]c(-c2ccccc2)n1. The van der Waals surface area contributed by atoms with Gasteiger partial charge in [0, 0.05) is 5.56 Å². The van der Waals surface area contributed by atoms with Crippen LogP contribution in [0.5, 0.6) is 5.75 Å². The number of nitrogens with zero attached hydrogens (tertiary/aromatic N) is 2. The van der Waals surface area contributed by atoms with Gasteiger partial charge < -0.3 is 10.1 Å². The number of thioether (sulfide) groups is 1. The maximum Gasteiger partial charge on any atom is 0.237 e. The second kappa shape index (κ2) is 8.53. The van der Waals surface area contributed by atoms with Crippen molar-refractivity contribution in [3.63, 3.8) is 0 Å². The van der Waals surface area contributed by atoms with Crippen molar-refractivity contribution in [3.05, 3.63) is 54.6 Å². The number of carbonyl (C=O) groups excluding carboxylic acids is 1. The van der Waals surface area contributed by atoms with Crippen molar-refractivity contribution in [2.45, 2.75) is 24.3 Å². The minimum Gasteiger partial charge on any atom is -0.492 e. The quantitative estimate of drug-likeness (QED) is 0.617. The van der Waals surface area contributed by atoms with E-state index in [2.05, 4.69) is 20.5 Å². The monoisotopic (exact) mass is 368 g/mol. The van der Waals surface area contributed by atoms with Crippen LogP contribution in [0.1, 0.15) is 13.8 Å². The van der Waals surface area contributed by atoms with E-state index in [4.69, 9.17) is 4.74 Å². The van der Waals surface area contributed by atoms with E-state index in [1.807, 2.05) is 68.4 Å². The summed E-state index contributed by atoms with van der Waals surface area (Å²) < 4.78 is 5.54. The molecule has 0 bridgehead atoms. The first-order valence-corrected chi connectivity index (χ1v) is 9.22. The number of aromatic nitrogens is 3. The van der Waals surface area contributed by atoms with Crippen molar-refractivity contribution < 1.29 is 9.53 Å². The average molecular weight is 368 g/mol. The maximum absolute atomic E-state index is 12.5. The van der Waals surface area contributed by atoms with Gasteiger partial charge in [0.15, 0.2) is 5.82 Å². The molecule has 0 aliphatic carbocycles. The predicted molar refractivity (Wildman–Crippen MR) is 103 cm³/mol. The summed E-state index contributed by atoms with van der Waals surface area (Å²) in [6.07, 6.45) is 0.